The van der Waals surface area contributed by atoms with Crippen LogP contribution < -0.4 is 48.2 Å². The summed E-state index contributed by atoms with van der Waals surface area (Å²) >= 11 is 0. The molecular weight excluding hydrogens is 1790 g/mol. The number of piperazine rings is 1. The van der Waals surface area contributed by atoms with Gasteiger partial charge in [-0.05, 0) is 222 Å². The minimum Gasteiger partial charge on any atom is -0.484 e. The predicted octanol–water partition coefficient (Wildman–Crippen LogP) is 15.1. The Morgan fingerprint density at radius 2 is 0.514 bits per heavy atom. The summed E-state index contributed by atoms with van der Waals surface area (Å²) in [7, 11) is 2.13. The first-order valence-corrected chi connectivity index (χ1v) is 48.9. The molecule has 30 nitrogen and oxygen atoms in total. The summed E-state index contributed by atoms with van der Waals surface area (Å²) in [6, 6.07) is 26.4. The summed E-state index contributed by atoms with van der Waals surface area (Å²) in [5.41, 5.74) is 15.3. The number of anilines is 5. The molecule has 5 saturated carbocycles. The molecule has 10 aromatic rings. The fraction of sp³-hybridized carbons (Fsp3) is 0.476. The first-order chi connectivity index (χ1) is 67.5. The number of ether oxygens (including phenoxy) is 9. The van der Waals surface area contributed by atoms with E-state index in [1.807, 2.05) is 65.0 Å². The number of hydrogen-bond acceptors (Lipinski definition) is 30. The van der Waals surface area contributed by atoms with Crippen LogP contribution in [-0.4, -0.2) is 248 Å². The van der Waals surface area contributed by atoms with E-state index in [0.29, 0.717) is 87.9 Å². The van der Waals surface area contributed by atoms with Gasteiger partial charge in [0.1, 0.15) is 88.7 Å². The average Bonchev–Trinajstić information content (AvgIpc) is 1.64. The highest BCUT2D eigenvalue weighted by Gasteiger charge is 2.46. The Kier molecular flexibility index (Phi) is 25.7. The number of benzene rings is 5. The van der Waals surface area contributed by atoms with E-state index in [1.54, 1.807) is 86.2 Å². The van der Waals surface area contributed by atoms with Crippen molar-refractivity contribution < 1.29 is 64.6 Å². The van der Waals surface area contributed by atoms with Gasteiger partial charge >= 0.3 is 0 Å². The van der Waals surface area contributed by atoms with E-state index in [9.17, 15) is 22.0 Å². The normalized spacial score (nSPS) is 22.2. The van der Waals surface area contributed by atoms with Crippen LogP contribution in [0.3, 0.4) is 0 Å². The molecule has 10 fully saturated rings. The quantitative estimate of drug-likeness (QED) is 0.0640. The molecule has 5 saturated heterocycles. The van der Waals surface area contributed by atoms with Gasteiger partial charge in [-0.25, -0.2) is 71.8 Å². The zero-order chi connectivity index (χ0) is 96.5. The molecule has 35 heteroatoms. The highest BCUT2D eigenvalue weighted by atomic mass is 19.1. The SMILES string of the molecule is CC1(Oc2cc3c(cc2F)CN=C3c2cc(N3CCOCC3)ncn2)CC1.CN1CCN(c2cc(C3=NCc4cc(F)c(OC5(C)CC5)cc43)ncn2)CC1.C[C@@H]1CN(c2cc(C3=NCc4cc(F)c(OC5(C)CC5)cc43)ncn2)CCO1.C[C@@H]1CN(c2cc(C3=NCc4cc(F)c(OC5(C)CC5)cc43)ncn2)C[C@H](C)O1.C[C@H]1CN(c2cc(C3=NCc4cc(F)c(OC5(C)CC5)cc43)ncn2)CCO1. The largest absolute Gasteiger partial charge is 0.484 e. The Bertz CT molecular complexity index is 6410. The van der Waals surface area contributed by atoms with Crippen LogP contribution in [-0.2, 0) is 51.7 Å². The second-order valence-corrected chi connectivity index (χ2v) is 40.4. The Morgan fingerprint density at radius 1 is 0.279 bits per heavy atom. The van der Waals surface area contributed by atoms with E-state index < -0.39 is 0 Å². The van der Waals surface area contributed by atoms with E-state index in [2.05, 4.69) is 139 Å². The maximum absolute atomic E-state index is 14.5. The Balaban J connectivity index is 0.000000104. The van der Waals surface area contributed by atoms with Crippen molar-refractivity contribution in [2.24, 2.45) is 25.0 Å². The smallest absolute Gasteiger partial charge is 0.165 e. The highest BCUT2D eigenvalue weighted by molar-refractivity contribution is 6.17. The van der Waals surface area contributed by atoms with Gasteiger partial charge in [-0.1, -0.05) is 0 Å². The number of rotatable bonds is 20. The van der Waals surface area contributed by atoms with Gasteiger partial charge in [0.2, 0.25) is 0 Å². The number of hydrogen-bond donors (Lipinski definition) is 0. The van der Waals surface area contributed by atoms with Gasteiger partial charge in [0.15, 0.2) is 57.8 Å². The van der Waals surface area contributed by atoms with Gasteiger partial charge < -0.3 is 72.0 Å². The van der Waals surface area contributed by atoms with Crippen molar-refractivity contribution in [3.63, 3.8) is 0 Å². The van der Waals surface area contributed by atoms with Crippen molar-refractivity contribution in [2.75, 3.05) is 137 Å². The number of likely N-dealkylation sites (N-methyl/N-ethyl adjacent to an activating group) is 1. The molecule has 25 rings (SSSR count). The number of aromatic nitrogens is 10. The topological polar surface area (TPSA) is 293 Å². The van der Waals surface area contributed by atoms with Crippen molar-refractivity contribution in [1.82, 2.24) is 54.7 Å². The minimum atomic E-state index is -0.326. The standard InChI is InChI=1S/C22H25FN4O2.C21H24FN5O.2C21H23FN4O2.C20H21FN4O2/c1-13-10-27(11-14(2)28-13)20-8-18(25-12-26-20)21-16-7-19(29-22(3)4-5-22)17(23)6-15(16)9-24-21;1-21(3-4-21)28-18-10-15-14(9-16(18)22)12-23-20(15)17-11-19(25-13-24-17)27-7-5-26(2)6-8-27;2*1-13-11-26(5-6-27-13)19-9-17(24-12-25-19)20-15-8-18(28-21(2)3-4-21)16(22)7-14(15)10-23-20;1-20(2-3-20)27-17-9-14-13(8-15(17)21)11-22-19(14)16-10-18(24-12-23-16)25-4-6-26-7-5-25/h6-8,12-14H,4-5,9-11H2,1-3H3;9-11,13H,3-8,12H2,1-2H3;2*7-9,12-13H,3-6,10-11H2,1-2H3;8-10,12H,2-7,11H2,1H3/t13-,14+;;2*13-;/m..10./s1. The van der Waals surface area contributed by atoms with Crippen LogP contribution in [0.15, 0.2) is 148 Å². The fourth-order valence-corrected chi connectivity index (χ4v) is 18.7. The molecule has 5 aliphatic carbocycles. The lowest BCUT2D eigenvalue weighted by Crippen LogP contribution is -2.45. The summed E-state index contributed by atoms with van der Waals surface area (Å²) in [6.45, 7) is 33.6. The number of fused-ring (bicyclic) bond motifs is 5. The summed E-state index contributed by atoms with van der Waals surface area (Å²) < 4.78 is 124. The molecule has 5 aromatic heterocycles. The van der Waals surface area contributed by atoms with Crippen LogP contribution in [0.1, 0.15) is 211 Å². The summed E-state index contributed by atoms with van der Waals surface area (Å²) in [6.07, 6.45) is 18.1. The van der Waals surface area contributed by atoms with Crippen molar-refractivity contribution >= 4 is 57.6 Å². The van der Waals surface area contributed by atoms with Crippen LogP contribution in [0.5, 0.6) is 28.7 Å². The number of aliphatic imine (C=N–C) groups is 5. The molecular formula is C105H116F5N21O9. The van der Waals surface area contributed by atoms with E-state index in [4.69, 9.17) is 42.6 Å². The molecule has 0 spiro atoms. The maximum atomic E-state index is 14.5. The fourth-order valence-electron chi connectivity index (χ4n) is 18.7. The van der Waals surface area contributed by atoms with E-state index in [1.165, 1.54) is 6.07 Å². The first kappa shape index (κ1) is 93.6. The zero-order valence-corrected chi connectivity index (χ0v) is 80.7. The minimum absolute atomic E-state index is 0.146. The third-order valence-electron chi connectivity index (χ3n) is 28.2. The lowest BCUT2D eigenvalue weighted by atomic mass is 10.0. The van der Waals surface area contributed by atoms with Gasteiger partial charge in [-0.2, -0.15) is 0 Å². The van der Waals surface area contributed by atoms with Crippen LogP contribution in [0.25, 0.3) is 0 Å². The average molecular weight is 1910 g/mol. The second kappa shape index (κ2) is 38.4. The van der Waals surface area contributed by atoms with E-state index in [-0.39, 0.29) is 81.5 Å². The van der Waals surface area contributed by atoms with E-state index in [0.717, 1.165) is 284 Å². The van der Waals surface area contributed by atoms with Gasteiger partial charge in [0.25, 0.3) is 0 Å². The molecule has 140 heavy (non-hydrogen) atoms. The van der Waals surface area contributed by atoms with Crippen molar-refractivity contribution in [2.45, 2.75) is 212 Å². The van der Waals surface area contributed by atoms with Crippen LogP contribution in [0.2, 0.25) is 0 Å². The monoisotopic (exact) mass is 1910 g/mol. The Morgan fingerprint density at radius 3 is 0.771 bits per heavy atom. The summed E-state index contributed by atoms with van der Waals surface area (Å²) in [5, 5.41) is 0. The van der Waals surface area contributed by atoms with Gasteiger partial charge in [0.05, 0.1) is 141 Å². The predicted molar refractivity (Wildman–Crippen MR) is 520 cm³/mol. The van der Waals surface area contributed by atoms with E-state index >= 15 is 0 Å². The molecule has 0 unspecified atom stereocenters. The molecule has 730 valence electrons. The van der Waals surface area contributed by atoms with Crippen molar-refractivity contribution in [1.29, 1.82) is 0 Å². The van der Waals surface area contributed by atoms with Gasteiger partial charge in [0, 0.05) is 137 Å². The van der Waals surface area contributed by atoms with Gasteiger partial charge in [-0.3, -0.25) is 25.0 Å². The molecule has 10 aliphatic heterocycles. The Hall–Kier alpha value is -12.7. The lowest BCUT2D eigenvalue weighted by molar-refractivity contribution is -0.00547. The van der Waals surface area contributed by atoms with Crippen molar-refractivity contribution in [3.8, 4) is 28.7 Å². The van der Waals surface area contributed by atoms with Crippen LogP contribution >= 0.6 is 0 Å². The van der Waals surface area contributed by atoms with Gasteiger partial charge in [-0.15, -0.1) is 0 Å². The number of morpholine rings is 4. The molecule has 0 amide bonds. The highest BCUT2D eigenvalue weighted by Crippen LogP contribution is 2.48. The maximum Gasteiger partial charge on any atom is 0.165 e. The van der Waals surface area contributed by atoms with Crippen LogP contribution in [0.4, 0.5) is 51.0 Å². The molecule has 15 heterocycles. The summed E-state index contributed by atoms with van der Waals surface area (Å²) in [5.74, 6) is 4.24. The zero-order valence-electron chi connectivity index (χ0n) is 80.7. The van der Waals surface area contributed by atoms with Crippen LogP contribution in [0, 0.1) is 29.1 Å². The second-order valence-electron chi connectivity index (χ2n) is 40.4. The number of nitrogens with zero attached hydrogens (tertiary/aromatic N) is 21. The molecule has 0 bridgehead atoms. The summed E-state index contributed by atoms with van der Waals surface area (Å²) in [4.78, 5) is 80.9. The lowest BCUT2D eigenvalue weighted by Gasteiger charge is -2.36. The molecule has 0 N–H and O–H groups in total. The number of halogens is 5. The third kappa shape index (κ3) is 21.2. The molecule has 4 atom stereocenters. The molecule has 0 radical (unpaired) electrons. The molecule has 15 aliphatic rings. The first-order valence-electron chi connectivity index (χ1n) is 48.9. The molecule has 5 aromatic carbocycles. The Labute approximate surface area is 810 Å². The van der Waals surface area contributed by atoms with Crippen molar-refractivity contribution in [3.05, 3.63) is 236 Å². The third-order valence-corrected chi connectivity index (χ3v) is 28.2.